The molecule has 2 aliphatic heterocycles. The highest BCUT2D eigenvalue weighted by atomic mass is 35.5. The minimum atomic E-state index is -0.472. The Hall–Kier alpha value is -1.37. The van der Waals surface area contributed by atoms with Gasteiger partial charge in [-0.05, 0) is 44.4 Å². The average Bonchev–Trinajstić information content (AvgIpc) is 3.07. The summed E-state index contributed by atoms with van der Waals surface area (Å²) in [7, 11) is 1.64. The quantitative estimate of drug-likeness (QED) is 0.847. The molecule has 0 saturated carbocycles. The molecule has 1 atom stereocenters. The number of nitrogens with one attached hydrogen (secondary N) is 2. The summed E-state index contributed by atoms with van der Waals surface area (Å²) in [4.78, 5) is 19.5. The summed E-state index contributed by atoms with van der Waals surface area (Å²) in [6, 6.07) is 3.94. The van der Waals surface area contributed by atoms with Gasteiger partial charge in [0.25, 0.3) is 0 Å². The number of halogens is 1. The summed E-state index contributed by atoms with van der Waals surface area (Å²) in [5.74, 6) is 1.01. The Morgan fingerprint density at radius 1 is 1.38 bits per heavy atom. The lowest BCUT2D eigenvalue weighted by molar-refractivity contribution is -0.127. The maximum absolute atomic E-state index is 12.6. The van der Waals surface area contributed by atoms with Crippen LogP contribution >= 0.6 is 12.4 Å². The first kappa shape index (κ1) is 19.0. The van der Waals surface area contributed by atoms with Gasteiger partial charge in [-0.3, -0.25) is 4.79 Å². The SMILES string of the molecule is COCC1(C(=O)Nc2ccc(N3CCCCC3)nc2)CCNC1.Cl. The zero-order valence-corrected chi connectivity index (χ0v) is 15.0. The van der Waals surface area contributed by atoms with E-state index in [1.165, 1.54) is 19.3 Å². The third-order valence-corrected chi connectivity index (χ3v) is 4.83. The Morgan fingerprint density at radius 3 is 2.75 bits per heavy atom. The van der Waals surface area contributed by atoms with Gasteiger partial charge in [-0.2, -0.15) is 0 Å². The van der Waals surface area contributed by atoms with Gasteiger partial charge >= 0.3 is 0 Å². The monoisotopic (exact) mass is 354 g/mol. The van der Waals surface area contributed by atoms with Gasteiger partial charge < -0.3 is 20.3 Å². The third-order valence-electron chi connectivity index (χ3n) is 4.83. The maximum atomic E-state index is 12.6. The molecule has 6 nitrogen and oxygen atoms in total. The van der Waals surface area contributed by atoms with Crippen molar-refractivity contribution < 1.29 is 9.53 Å². The molecule has 2 N–H and O–H groups in total. The van der Waals surface area contributed by atoms with Crippen molar-refractivity contribution in [3.63, 3.8) is 0 Å². The van der Waals surface area contributed by atoms with Gasteiger partial charge in [0.2, 0.25) is 5.91 Å². The van der Waals surface area contributed by atoms with Crippen LogP contribution in [-0.2, 0) is 9.53 Å². The number of hydrogen-bond donors (Lipinski definition) is 2. The summed E-state index contributed by atoms with van der Waals surface area (Å²) in [6.45, 7) is 4.09. The standard InChI is InChI=1S/C17H26N4O2.ClH/c1-23-13-17(7-8-18-12-17)16(22)20-14-5-6-15(19-11-14)21-9-3-2-4-10-21;/h5-6,11,18H,2-4,7-10,12-13H2,1H3,(H,20,22);1H. The molecule has 24 heavy (non-hydrogen) atoms. The molecule has 0 radical (unpaired) electrons. The summed E-state index contributed by atoms with van der Waals surface area (Å²) in [6.07, 6.45) is 6.32. The van der Waals surface area contributed by atoms with E-state index in [1.807, 2.05) is 12.1 Å². The Balaban J connectivity index is 0.00000208. The first-order valence-corrected chi connectivity index (χ1v) is 8.46. The number of anilines is 2. The Labute approximate surface area is 149 Å². The molecule has 0 spiro atoms. The van der Waals surface area contributed by atoms with Crippen LogP contribution in [0, 0.1) is 5.41 Å². The first-order valence-electron chi connectivity index (χ1n) is 8.46. The van der Waals surface area contributed by atoms with Crippen LogP contribution in [-0.4, -0.2) is 50.8 Å². The number of piperidine rings is 1. The number of ether oxygens (including phenoxy) is 1. The predicted molar refractivity (Wildman–Crippen MR) is 98.0 cm³/mol. The van der Waals surface area contributed by atoms with Crippen LogP contribution < -0.4 is 15.5 Å². The first-order chi connectivity index (χ1) is 11.2. The molecule has 3 heterocycles. The van der Waals surface area contributed by atoms with Gasteiger partial charge in [0, 0.05) is 26.7 Å². The van der Waals surface area contributed by atoms with Crippen molar-refractivity contribution in [2.75, 3.05) is 50.1 Å². The second-order valence-electron chi connectivity index (χ2n) is 6.55. The van der Waals surface area contributed by atoms with Crippen molar-refractivity contribution in [3.8, 4) is 0 Å². The zero-order chi connectivity index (χ0) is 16.1. The van der Waals surface area contributed by atoms with Crippen LogP contribution in [0.15, 0.2) is 18.3 Å². The van der Waals surface area contributed by atoms with Crippen molar-refractivity contribution in [2.24, 2.45) is 5.41 Å². The van der Waals surface area contributed by atoms with Crippen LogP contribution in [0.25, 0.3) is 0 Å². The molecular weight excluding hydrogens is 328 g/mol. The van der Waals surface area contributed by atoms with Crippen molar-refractivity contribution in [2.45, 2.75) is 25.7 Å². The molecule has 2 saturated heterocycles. The van der Waals surface area contributed by atoms with E-state index in [0.29, 0.717) is 13.2 Å². The van der Waals surface area contributed by atoms with Crippen molar-refractivity contribution in [1.29, 1.82) is 0 Å². The third kappa shape index (κ3) is 4.18. The minimum Gasteiger partial charge on any atom is -0.384 e. The highest BCUT2D eigenvalue weighted by Gasteiger charge is 2.41. The summed E-state index contributed by atoms with van der Waals surface area (Å²) >= 11 is 0. The van der Waals surface area contributed by atoms with Gasteiger partial charge in [-0.15, -0.1) is 12.4 Å². The van der Waals surface area contributed by atoms with E-state index < -0.39 is 5.41 Å². The fourth-order valence-electron chi connectivity index (χ4n) is 3.44. The number of nitrogens with zero attached hydrogens (tertiary/aromatic N) is 2. The molecule has 1 unspecified atom stereocenters. The van der Waals surface area contributed by atoms with Crippen molar-refractivity contribution in [3.05, 3.63) is 18.3 Å². The normalized spacial score (nSPS) is 23.6. The van der Waals surface area contributed by atoms with Crippen LogP contribution in [0.5, 0.6) is 0 Å². The van der Waals surface area contributed by atoms with Gasteiger partial charge in [-0.25, -0.2) is 4.98 Å². The maximum Gasteiger partial charge on any atom is 0.234 e. The van der Waals surface area contributed by atoms with Gasteiger partial charge in [0.15, 0.2) is 0 Å². The number of amides is 1. The van der Waals surface area contributed by atoms with Crippen molar-refractivity contribution in [1.82, 2.24) is 10.3 Å². The van der Waals surface area contributed by atoms with Gasteiger partial charge in [0.05, 0.1) is 23.9 Å². The number of pyridine rings is 1. The van der Waals surface area contributed by atoms with Crippen LogP contribution in [0.2, 0.25) is 0 Å². The molecule has 2 aliphatic rings. The lowest BCUT2D eigenvalue weighted by Gasteiger charge is -2.28. The van der Waals surface area contributed by atoms with E-state index in [0.717, 1.165) is 37.6 Å². The molecule has 0 bridgehead atoms. The molecule has 1 aromatic heterocycles. The summed E-state index contributed by atoms with van der Waals surface area (Å²) < 4.78 is 5.26. The van der Waals surface area contributed by atoms with E-state index in [2.05, 4.69) is 20.5 Å². The molecule has 3 rings (SSSR count). The van der Waals surface area contributed by atoms with E-state index >= 15 is 0 Å². The predicted octanol–water partition coefficient (Wildman–Crippen LogP) is 2.06. The van der Waals surface area contributed by atoms with E-state index in [1.54, 1.807) is 13.3 Å². The second kappa shape index (κ2) is 8.65. The number of hydrogen-bond acceptors (Lipinski definition) is 5. The Bertz CT molecular complexity index is 526. The van der Waals surface area contributed by atoms with E-state index in [-0.39, 0.29) is 18.3 Å². The number of carbonyl (C=O) groups excluding carboxylic acids is 1. The van der Waals surface area contributed by atoms with Crippen LogP contribution in [0.4, 0.5) is 11.5 Å². The number of aromatic nitrogens is 1. The lowest BCUT2D eigenvalue weighted by atomic mass is 9.87. The number of carbonyl (C=O) groups is 1. The Morgan fingerprint density at radius 2 is 2.17 bits per heavy atom. The number of rotatable bonds is 5. The van der Waals surface area contributed by atoms with Gasteiger partial charge in [-0.1, -0.05) is 0 Å². The highest BCUT2D eigenvalue weighted by molar-refractivity contribution is 5.95. The molecule has 7 heteroatoms. The topological polar surface area (TPSA) is 66.5 Å². The fourth-order valence-corrected chi connectivity index (χ4v) is 3.44. The average molecular weight is 355 g/mol. The molecule has 1 amide bonds. The molecule has 1 aromatic rings. The van der Waals surface area contributed by atoms with Crippen molar-refractivity contribution >= 4 is 29.8 Å². The molecule has 2 fully saturated rings. The van der Waals surface area contributed by atoms with Crippen LogP contribution in [0.1, 0.15) is 25.7 Å². The zero-order valence-electron chi connectivity index (χ0n) is 14.2. The molecular formula is C17H27ClN4O2. The van der Waals surface area contributed by atoms with E-state index in [4.69, 9.17) is 4.74 Å². The summed E-state index contributed by atoms with van der Waals surface area (Å²) in [5, 5.41) is 6.25. The highest BCUT2D eigenvalue weighted by Crippen LogP contribution is 2.28. The summed E-state index contributed by atoms with van der Waals surface area (Å²) in [5.41, 5.74) is 0.276. The number of methoxy groups -OCH3 is 1. The lowest BCUT2D eigenvalue weighted by Crippen LogP contribution is -2.41. The fraction of sp³-hybridized carbons (Fsp3) is 0.647. The smallest absolute Gasteiger partial charge is 0.234 e. The largest absolute Gasteiger partial charge is 0.384 e. The Kier molecular flexibility index (Phi) is 6.83. The molecule has 0 aromatic carbocycles. The van der Waals surface area contributed by atoms with Gasteiger partial charge in [0.1, 0.15) is 5.82 Å². The molecule has 0 aliphatic carbocycles. The molecule has 134 valence electrons. The second-order valence-corrected chi connectivity index (χ2v) is 6.55. The minimum absolute atomic E-state index is 0. The van der Waals surface area contributed by atoms with E-state index in [9.17, 15) is 4.79 Å². The van der Waals surface area contributed by atoms with Crippen LogP contribution in [0.3, 0.4) is 0 Å².